The quantitative estimate of drug-likeness (QED) is 0.0637. The molecule has 2 aliphatic heterocycles. The average Bonchev–Trinajstić information content (AvgIpc) is 1.43. The van der Waals surface area contributed by atoms with Crippen LogP contribution in [-0.4, -0.2) is 79.8 Å². The first-order valence-corrected chi connectivity index (χ1v) is 29.0. The summed E-state index contributed by atoms with van der Waals surface area (Å²) in [5.41, 5.74) is 2.44. The number of nitrogens with one attached hydrogen (secondary N) is 2. The molecule has 0 spiro atoms. The van der Waals surface area contributed by atoms with Gasteiger partial charge in [0.25, 0.3) is 5.91 Å². The molecule has 402 valence electrons. The summed E-state index contributed by atoms with van der Waals surface area (Å²) in [4.78, 5) is 59.0. The molecule has 82 heavy (non-hydrogen) atoms. The molecule has 4 unspecified atom stereocenters. The van der Waals surface area contributed by atoms with E-state index >= 15 is 9.59 Å². The van der Waals surface area contributed by atoms with E-state index in [-0.39, 0.29) is 53.8 Å². The lowest BCUT2D eigenvalue weighted by Crippen LogP contribution is -2.62. The standard InChI is InChI=1S/C69H56N8O4S/c70-41-48-36-38-49(39-37-48)61(78)40-62-75-69(66(79)77(62)63-57-44-76(45-58(57)63)82(80,81)56-34-20-7-21-35-56,64(59-42-71-46-73-59)67(50-22-8-1-9-23-50,51-24-10-2-11-25-51)52-26-12-3-13-27-52)65(60-43-72-47-74-60)68(53-28-14-4-15-29-53,54-30-16-5-17-31-54)55-32-18-6-19-33-55/h1-39,42-43,46-47,57-58,63-65H,40,44-45H2,(H,71,73)(H,72,74). The number of rotatable bonds is 18. The van der Waals surface area contributed by atoms with Crippen molar-refractivity contribution in [3.8, 4) is 6.07 Å². The number of fused-ring (bicyclic) bond motifs is 1. The summed E-state index contributed by atoms with van der Waals surface area (Å²) in [6, 6.07) is 78.2. The minimum atomic E-state index is -3.91. The molecule has 10 aromatic rings. The van der Waals surface area contributed by atoms with Gasteiger partial charge in [0.15, 0.2) is 11.3 Å². The van der Waals surface area contributed by atoms with Crippen molar-refractivity contribution in [1.82, 2.24) is 29.1 Å². The van der Waals surface area contributed by atoms with E-state index in [9.17, 15) is 13.7 Å². The number of piperidine rings is 1. The molecule has 1 aliphatic carbocycles. The molecule has 2 aromatic heterocycles. The Morgan fingerprint density at radius 3 is 1.27 bits per heavy atom. The maximum absolute atomic E-state index is 18.5. The zero-order chi connectivity index (χ0) is 55.9. The number of ketones is 1. The summed E-state index contributed by atoms with van der Waals surface area (Å²) in [6.45, 7) is 0.302. The number of aliphatic imine (C=N–C) groups is 1. The number of nitriles is 1. The van der Waals surface area contributed by atoms with Gasteiger partial charge in [-0.2, -0.15) is 9.57 Å². The van der Waals surface area contributed by atoms with Gasteiger partial charge in [0, 0.05) is 60.3 Å². The molecule has 13 rings (SSSR count). The lowest BCUT2D eigenvalue weighted by Gasteiger charge is -2.55. The van der Waals surface area contributed by atoms with Gasteiger partial charge in [0.05, 0.1) is 58.3 Å². The second-order valence-corrected chi connectivity index (χ2v) is 23.4. The van der Waals surface area contributed by atoms with E-state index in [1.807, 2.05) is 109 Å². The number of aromatic nitrogens is 4. The number of hydrogen-bond donors (Lipinski definition) is 2. The van der Waals surface area contributed by atoms with Crippen molar-refractivity contribution >= 4 is 27.5 Å². The van der Waals surface area contributed by atoms with Gasteiger partial charge < -0.3 is 9.97 Å². The molecule has 0 bridgehead atoms. The Kier molecular flexibility index (Phi) is 13.3. The fourth-order valence-electron chi connectivity index (χ4n) is 14.0. The second-order valence-electron chi connectivity index (χ2n) is 21.5. The first kappa shape index (κ1) is 51.8. The highest BCUT2D eigenvalue weighted by Crippen LogP contribution is 2.66. The van der Waals surface area contributed by atoms with Crippen LogP contribution in [0.2, 0.25) is 0 Å². The van der Waals surface area contributed by atoms with E-state index in [2.05, 4.69) is 88.8 Å². The van der Waals surface area contributed by atoms with Crippen LogP contribution in [0.3, 0.4) is 0 Å². The van der Waals surface area contributed by atoms with Crippen LogP contribution >= 0.6 is 0 Å². The third kappa shape index (κ3) is 8.36. The smallest absolute Gasteiger partial charge is 0.257 e. The molecule has 1 amide bonds. The first-order chi connectivity index (χ1) is 40.2. The van der Waals surface area contributed by atoms with Crippen LogP contribution in [0.25, 0.3) is 0 Å². The van der Waals surface area contributed by atoms with E-state index in [1.165, 1.54) is 4.31 Å². The summed E-state index contributed by atoms with van der Waals surface area (Å²) in [6.07, 6.45) is 6.60. The summed E-state index contributed by atoms with van der Waals surface area (Å²) < 4.78 is 30.4. The van der Waals surface area contributed by atoms with Gasteiger partial charge in [0.2, 0.25) is 10.0 Å². The number of aromatic amines is 2. The third-order valence-electron chi connectivity index (χ3n) is 17.4. The zero-order valence-corrected chi connectivity index (χ0v) is 45.4. The summed E-state index contributed by atoms with van der Waals surface area (Å²) in [7, 11) is -3.91. The van der Waals surface area contributed by atoms with Gasteiger partial charge in [-0.15, -0.1) is 0 Å². The minimum absolute atomic E-state index is 0.151. The fraction of sp³-hybridized carbons (Fsp3) is 0.159. The van der Waals surface area contributed by atoms with Crippen LogP contribution < -0.4 is 0 Å². The number of carbonyl (C=O) groups is 2. The molecule has 2 N–H and O–H groups in total. The molecule has 12 nitrogen and oxygen atoms in total. The van der Waals surface area contributed by atoms with Gasteiger partial charge in [-0.05, 0) is 57.6 Å². The highest BCUT2D eigenvalue weighted by atomic mass is 32.2. The SMILES string of the molecule is N#Cc1ccc(C(=O)CC2=NC(C(c3cnc[nH]3)C(c3ccccc3)(c3ccccc3)c3ccccc3)(C(c3cnc[nH]3)C(c3ccccc3)(c3ccccc3)c3ccccc3)C(=O)N2C2C3CN(S(=O)(=O)c4ccccc4)CC32)cc1. The molecule has 3 aliphatic rings. The Morgan fingerprint density at radius 2 is 0.927 bits per heavy atom. The van der Waals surface area contributed by atoms with Crippen molar-refractivity contribution in [3.63, 3.8) is 0 Å². The van der Waals surface area contributed by atoms with E-state index in [1.54, 1.807) is 84.5 Å². The number of benzene rings is 8. The molecule has 1 saturated heterocycles. The number of imidazole rings is 2. The molecule has 8 aromatic carbocycles. The van der Waals surface area contributed by atoms with Crippen molar-refractivity contribution in [2.45, 2.75) is 45.6 Å². The van der Waals surface area contributed by atoms with Gasteiger partial charge in [0.1, 0.15) is 5.84 Å². The number of hydrogen-bond acceptors (Lipinski definition) is 8. The fourth-order valence-corrected chi connectivity index (χ4v) is 15.5. The van der Waals surface area contributed by atoms with Gasteiger partial charge in [-0.3, -0.25) is 19.5 Å². The first-order valence-electron chi connectivity index (χ1n) is 27.5. The Bertz CT molecular complexity index is 3690. The second kappa shape index (κ2) is 21.1. The van der Waals surface area contributed by atoms with Gasteiger partial charge in [-0.1, -0.05) is 212 Å². The van der Waals surface area contributed by atoms with E-state index in [0.717, 1.165) is 33.4 Å². The van der Waals surface area contributed by atoms with Crippen molar-refractivity contribution in [3.05, 3.63) is 318 Å². The molecular formula is C69H56N8O4S. The number of sulfonamides is 1. The molecular weight excluding hydrogens is 1040 g/mol. The van der Waals surface area contributed by atoms with Crippen LogP contribution in [0.4, 0.5) is 0 Å². The van der Waals surface area contributed by atoms with Crippen LogP contribution in [0, 0.1) is 23.2 Å². The van der Waals surface area contributed by atoms with Gasteiger partial charge >= 0.3 is 0 Å². The monoisotopic (exact) mass is 1090 g/mol. The molecule has 1 saturated carbocycles. The maximum atomic E-state index is 18.5. The normalized spacial score (nSPS) is 19.6. The van der Waals surface area contributed by atoms with Crippen LogP contribution in [0.15, 0.2) is 272 Å². The molecule has 4 atom stereocenters. The predicted molar refractivity (Wildman–Crippen MR) is 314 cm³/mol. The summed E-state index contributed by atoms with van der Waals surface area (Å²) in [5.74, 6) is -3.19. The highest BCUT2D eigenvalue weighted by Gasteiger charge is 2.74. The zero-order valence-electron chi connectivity index (χ0n) is 44.6. The topological polar surface area (TPSA) is 168 Å². The van der Waals surface area contributed by atoms with E-state index in [4.69, 9.17) is 15.0 Å². The van der Waals surface area contributed by atoms with Crippen LogP contribution in [0.5, 0.6) is 0 Å². The number of H-pyrrole nitrogens is 2. The van der Waals surface area contributed by atoms with Crippen molar-refractivity contribution in [2.24, 2.45) is 16.8 Å². The van der Waals surface area contributed by atoms with Crippen molar-refractivity contribution in [2.75, 3.05) is 13.1 Å². The Balaban J connectivity index is 1.18. The predicted octanol–water partition coefficient (Wildman–Crippen LogP) is 11.5. The Morgan fingerprint density at radius 1 is 0.561 bits per heavy atom. The van der Waals surface area contributed by atoms with E-state index in [0.29, 0.717) is 22.5 Å². The summed E-state index contributed by atoms with van der Waals surface area (Å²) >= 11 is 0. The van der Waals surface area contributed by atoms with Gasteiger partial charge in [-0.25, -0.2) is 18.4 Å². The third-order valence-corrected chi connectivity index (χ3v) is 19.2. The molecule has 2 fully saturated rings. The summed E-state index contributed by atoms with van der Waals surface area (Å²) in [5, 5.41) is 9.83. The number of carbonyl (C=O) groups excluding carboxylic acids is 2. The number of Topliss-reactive ketones (excluding diaryl/α,β-unsaturated/α-hetero) is 1. The molecule has 4 heterocycles. The van der Waals surface area contributed by atoms with Crippen molar-refractivity contribution < 1.29 is 18.0 Å². The van der Waals surface area contributed by atoms with Crippen LogP contribution in [0.1, 0.15) is 78.9 Å². The van der Waals surface area contributed by atoms with E-state index < -0.39 is 44.3 Å². The Labute approximate surface area is 476 Å². The molecule has 0 radical (unpaired) electrons. The molecule has 13 heteroatoms. The number of amidine groups is 1. The largest absolute Gasteiger partial charge is 0.348 e. The highest BCUT2D eigenvalue weighted by molar-refractivity contribution is 7.89. The minimum Gasteiger partial charge on any atom is -0.348 e. The average molecular weight is 1090 g/mol. The number of amides is 1. The lowest BCUT2D eigenvalue weighted by molar-refractivity contribution is -0.135. The lowest BCUT2D eigenvalue weighted by atomic mass is 9.47. The van der Waals surface area contributed by atoms with Crippen LogP contribution in [-0.2, 0) is 25.6 Å². The van der Waals surface area contributed by atoms with Crippen molar-refractivity contribution in [1.29, 1.82) is 5.26 Å². The number of nitrogens with zero attached hydrogens (tertiary/aromatic N) is 6. The maximum Gasteiger partial charge on any atom is 0.257 e. The Hall–Kier alpha value is -9.61.